The van der Waals surface area contributed by atoms with Crippen LogP contribution in [-0.2, 0) is 11.2 Å². The molecule has 2 aromatic rings. The number of benzene rings is 1. The highest BCUT2D eigenvalue weighted by atomic mass is 16.5. The fourth-order valence-electron chi connectivity index (χ4n) is 5.07. The molecule has 4 rings (SSSR count). The monoisotopic (exact) mass is 312 g/mol. The van der Waals surface area contributed by atoms with Gasteiger partial charge in [-0.2, -0.15) is 0 Å². The largest absolute Gasteiger partial charge is 0.384 e. The Morgan fingerprint density at radius 1 is 1.35 bits per heavy atom. The number of aryl methyl sites for hydroxylation is 1. The Hall–Kier alpha value is -1.32. The minimum absolute atomic E-state index is 0.654. The second-order valence-corrected chi connectivity index (χ2v) is 7.43. The Bertz CT molecular complexity index is 705. The van der Waals surface area contributed by atoms with Crippen molar-refractivity contribution in [2.75, 3.05) is 26.8 Å². The summed E-state index contributed by atoms with van der Waals surface area (Å²) in [5, 5.41) is 1.51. The van der Waals surface area contributed by atoms with Gasteiger partial charge in [0.1, 0.15) is 0 Å². The van der Waals surface area contributed by atoms with Crippen LogP contribution >= 0.6 is 0 Å². The Balaban J connectivity index is 1.79. The smallest absolute Gasteiger partial charge is 0.0502 e. The number of aromatic amines is 1. The lowest BCUT2D eigenvalue weighted by molar-refractivity contribution is 0.0428. The minimum Gasteiger partial charge on any atom is -0.384 e. The number of nitrogens with one attached hydrogen (secondary N) is 1. The first kappa shape index (κ1) is 15.2. The van der Waals surface area contributed by atoms with Crippen LogP contribution in [0.25, 0.3) is 10.9 Å². The zero-order chi connectivity index (χ0) is 16.0. The van der Waals surface area contributed by atoms with Crippen molar-refractivity contribution in [2.24, 2.45) is 5.92 Å². The number of H-pyrrole nitrogens is 1. The van der Waals surface area contributed by atoms with Crippen LogP contribution < -0.4 is 0 Å². The number of fused-ring (bicyclic) bond motifs is 2. The molecular weight excluding hydrogens is 284 g/mol. The van der Waals surface area contributed by atoms with E-state index in [4.69, 9.17) is 4.74 Å². The molecule has 2 heterocycles. The van der Waals surface area contributed by atoms with Crippen LogP contribution in [0.4, 0.5) is 0 Å². The molecule has 0 radical (unpaired) electrons. The highest BCUT2D eigenvalue weighted by Crippen LogP contribution is 2.45. The van der Waals surface area contributed by atoms with Gasteiger partial charge in [0.2, 0.25) is 0 Å². The van der Waals surface area contributed by atoms with E-state index in [-0.39, 0.29) is 0 Å². The third-order valence-corrected chi connectivity index (χ3v) is 5.91. The van der Waals surface area contributed by atoms with Crippen molar-refractivity contribution < 1.29 is 4.74 Å². The molecule has 1 aliphatic heterocycles. The molecular formula is C20H28N2O. The van der Waals surface area contributed by atoms with Gasteiger partial charge in [0.15, 0.2) is 0 Å². The molecule has 0 saturated carbocycles. The second kappa shape index (κ2) is 5.95. The number of methoxy groups -OCH3 is 1. The highest BCUT2D eigenvalue weighted by Gasteiger charge is 2.40. The molecule has 1 aliphatic carbocycles. The topological polar surface area (TPSA) is 28.3 Å². The Labute approximate surface area is 139 Å². The van der Waals surface area contributed by atoms with Gasteiger partial charge in [-0.15, -0.1) is 0 Å². The van der Waals surface area contributed by atoms with Gasteiger partial charge in [-0.05, 0) is 55.8 Å². The van der Waals surface area contributed by atoms with Crippen molar-refractivity contribution in [1.82, 2.24) is 9.88 Å². The van der Waals surface area contributed by atoms with Crippen molar-refractivity contribution in [3.05, 3.63) is 35.0 Å². The van der Waals surface area contributed by atoms with Crippen LogP contribution in [-0.4, -0.2) is 42.7 Å². The number of ether oxygens (including phenoxy) is 1. The molecule has 1 N–H and O–H groups in total. The van der Waals surface area contributed by atoms with Crippen LogP contribution in [0.5, 0.6) is 0 Å². The van der Waals surface area contributed by atoms with Crippen LogP contribution in [0.2, 0.25) is 0 Å². The van der Waals surface area contributed by atoms with Crippen molar-refractivity contribution in [1.29, 1.82) is 0 Å². The number of likely N-dealkylation sites (tertiary alicyclic amines) is 1. The lowest BCUT2D eigenvalue weighted by Crippen LogP contribution is -2.51. The van der Waals surface area contributed by atoms with E-state index in [1.807, 2.05) is 7.11 Å². The molecule has 1 aromatic carbocycles. The zero-order valence-electron chi connectivity index (χ0n) is 14.6. The van der Waals surface area contributed by atoms with Gasteiger partial charge >= 0.3 is 0 Å². The maximum Gasteiger partial charge on any atom is 0.0502 e. The second-order valence-electron chi connectivity index (χ2n) is 7.43. The summed E-state index contributed by atoms with van der Waals surface area (Å²) in [5.41, 5.74) is 5.81. The minimum atomic E-state index is 0.654. The van der Waals surface area contributed by atoms with Crippen LogP contribution in [0.3, 0.4) is 0 Å². The number of nitrogens with zero attached hydrogens (tertiary/aromatic N) is 1. The van der Waals surface area contributed by atoms with Gasteiger partial charge in [-0.25, -0.2) is 0 Å². The van der Waals surface area contributed by atoms with Gasteiger partial charge in [0.05, 0.1) is 6.61 Å². The highest BCUT2D eigenvalue weighted by molar-refractivity contribution is 5.89. The molecule has 23 heavy (non-hydrogen) atoms. The fraction of sp³-hybridized carbons (Fsp3) is 0.600. The average molecular weight is 312 g/mol. The molecule has 2 aliphatic rings. The van der Waals surface area contributed by atoms with E-state index in [1.54, 1.807) is 11.1 Å². The molecule has 1 unspecified atom stereocenters. The zero-order valence-corrected chi connectivity index (χ0v) is 14.6. The van der Waals surface area contributed by atoms with Gasteiger partial charge in [-0.3, -0.25) is 4.90 Å². The number of aromatic nitrogens is 1. The number of piperidine rings is 1. The average Bonchev–Trinajstić information content (AvgIpc) is 2.86. The molecule has 124 valence electrons. The summed E-state index contributed by atoms with van der Waals surface area (Å²) < 4.78 is 5.50. The molecule has 3 nitrogen and oxygen atoms in total. The third kappa shape index (κ3) is 2.41. The molecule has 1 fully saturated rings. The van der Waals surface area contributed by atoms with Gasteiger partial charge in [0, 0.05) is 42.2 Å². The van der Waals surface area contributed by atoms with Crippen molar-refractivity contribution >= 4 is 10.9 Å². The summed E-state index contributed by atoms with van der Waals surface area (Å²) in [4.78, 5) is 6.35. The van der Waals surface area contributed by atoms with E-state index >= 15 is 0 Å². The number of rotatable bonds is 4. The normalized spacial score (nSPS) is 27.3. The maximum absolute atomic E-state index is 5.50. The quantitative estimate of drug-likeness (QED) is 0.928. The van der Waals surface area contributed by atoms with Crippen molar-refractivity contribution in [3.8, 4) is 0 Å². The Morgan fingerprint density at radius 2 is 2.22 bits per heavy atom. The van der Waals surface area contributed by atoms with E-state index in [9.17, 15) is 0 Å². The third-order valence-electron chi connectivity index (χ3n) is 5.91. The SMILES string of the molecule is CCCN1C[C@H](COC)CC2c3cccc4[nH]c(C)c(c34)C[C@H]21. The predicted octanol–water partition coefficient (Wildman–Crippen LogP) is 3.86. The molecule has 3 heteroatoms. The first-order valence-electron chi connectivity index (χ1n) is 9.06. The first-order chi connectivity index (χ1) is 11.2. The van der Waals surface area contributed by atoms with E-state index in [1.165, 1.54) is 48.9 Å². The molecule has 3 atom stereocenters. The molecule has 0 spiro atoms. The van der Waals surface area contributed by atoms with Crippen LogP contribution in [0, 0.1) is 12.8 Å². The van der Waals surface area contributed by atoms with Crippen LogP contribution in [0.15, 0.2) is 18.2 Å². The van der Waals surface area contributed by atoms with Crippen molar-refractivity contribution in [3.63, 3.8) is 0 Å². The van der Waals surface area contributed by atoms with Gasteiger partial charge in [-0.1, -0.05) is 19.1 Å². The fourth-order valence-corrected chi connectivity index (χ4v) is 5.07. The van der Waals surface area contributed by atoms with E-state index in [0.29, 0.717) is 17.9 Å². The standard InChI is InChI=1S/C20H28N2O/c1-4-8-22-11-14(12-23-3)9-17-15-6-5-7-18-20(15)16(10-19(17)22)13(2)21-18/h5-7,14,17,19,21H,4,8-12H2,1-3H3/t14-,17?,19-/m1/s1. The predicted molar refractivity (Wildman–Crippen MR) is 95.1 cm³/mol. The summed E-state index contributed by atoms with van der Waals surface area (Å²) in [7, 11) is 1.84. The van der Waals surface area contributed by atoms with E-state index in [0.717, 1.165) is 6.61 Å². The molecule has 0 bridgehead atoms. The van der Waals surface area contributed by atoms with Gasteiger partial charge < -0.3 is 9.72 Å². The molecule has 1 aromatic heterocycles. The van der Waals surface area contributed by atoms with E-state index < -0.39 is 0 Å². The number of hydrogen-bond donors (Lipinski definition) is 1. The van der Waals surface area contributed by atoms with E-state index in [2.05, 4.69) is 41.9 Å². The molecule has 0 amide bonds. The summed E-state index contributed by atoms with van der Waals surface area (Å²) >= 11 is 0. The Kier molecular flexibility index (Phi) is 3.94. The first-order valence-corrected chi connectivity index (χ1v) is 9.06. The van der Waals surface area contributed by atoms with Gasteiger partial charge in [0.25, 0.3) is 0 Å². The summed E-state index contributed by atoms with van der Waals surface area (Å²) in [5.74, 6) is 1.31. The lowest BCUT2D eigenvalue weighted by atomic mass is 9.72. The lowest BCUT2D eigenvalue weighted by Gasteiger charge is -2.47. The number of hydrogen-bond acceptors (Lipinski definition) is 2. The summed E-state index contributed by atoms with van der Waals surface area (Å²) in [6.45, 7) is 7.82. The van der Waals surface area contributed by atoms with Crippen molar-refractivity contribution in [2.45, 2.75) is 45.1 Å². The Morgan fingerprint density at radius 3 is 3.00 bits per heavy atom. The van der Waals surface area contributed by atoms with Crippen LogP contribution in [0.1, 0.15) is 42.5 Å². The summed E-state index contributed by atoms with van der Waals surface area (Å²) in [6, 6.07) is 7.49. The molecule has 1 saturated heterocycles. The summed E-state index contributed by atoms with van der Waals surface area (Å²) in [6.07, 6.45) is 3.70. The maximum atomic E-state index is 5.50.